The summed E-state index contributed by atoms with van der Waals surface area (Å²) in [6.45, 7) is 0. The molecule has 0 aromatic heterocycles. The van der Waals surface area contributed by atoms with E-state index in [1.807, 2.05) is 0 Å². The van der Waals surface area contributed by atoms with Crippen molar-refractivity contribution in [2.24, 2.45) is 17.8 Å². The molecule has 0 radical (unpaired) electrons. The molecule has 6 nitrogen and oxygen atoms in total. The van der Waals surface area contributed by atoms with Gasteiger partial charge in [0.05, 0.1) is 5.92 Å². The molecular weight excluding hydrogens is 308 g/mol. The number of nitrogens with one attached hydrogen (secondary N) is 2. The maximum absolute atomic E-state index is 12.3. The fourth-order valence-electron chi connectivity index (χ4n) is 4.26. The quantitative estimate of drug-likeness (QED) is 0.714. The number of rotatable bonds is 5. The number of carboxylic acid groups (broad SMARTS) is 1. The molecule has 3 aliphatic carbocycles. The molecule has 3 fully saturated rings. The minimum atomic E-state index is -0.765. The van der Waals surface area contributed by atoms with Crippen molar-refractivity contribution in [2.75, 3.05) is 0 Å². The molecule has 2 amide bonds. The zero-order valence-electron chi connectivity index (χ0n) is 14.1. The first-order chi connectivity index (χ1) is 11.5. The fraction of sp³-hybridized carbons (Fsp3) is 0.833. The van der Waals surface area contributed by atoms with Gasteiger partial charge in [0.25, 0.3) is 0 Å². The summed E-state index contributed by atoms with van der Waals surface area (Å²) in [6.07, 6.45) is 8.78. The second-order valence-electron chi connectivity index (χ2n) is 7.75. The van der Waals surface area contributed by atoms with E-state index in [4.69, 9.17) is 5.11 Å². The van der Waals surface area contributed by atoms with Crippen LogP contribution in [0.4, 0.5) is 0 Å². The second kappa shape index (κ2) is 7.53. The number of carbonyl (C=O) groups excluding carboxylic acids is 2. The molecule has 24 heavy (non-hydrogen) atoms. The normalized spacial score (nSPS) is 33.5. The van der Waals surface area contributed by atoms with Crippen molar-refractivity contribution in [3.63, 3.8) is 0 Å². The Labute approximate surface area is 142 Å². The Kier molecular flexibility index (Phi) is 5.41. The number of carboxylic acids is 1. The summed E-state index contributed by atoms with van der Waals surface area (Å²) in [4.78, 5) is 35.2. The van der Waals surface area contributed by atoms with Gasteiger partial charge in [0, 0.05) is 23.9 Å². The lowest BCUT2D eigenvalue weighted by Gasteiger charge is -2.35. The average Bonchev–Trinajstić information content (AvgIpc) is 3.05. The van der Waals surface area contributed by atoms with Crippen LogP contribution >= 0.6 is 0 Å². The van der Waals surface area contributed by atoms with Crippen molar-refractivity contribution in [1.29, 1.82) is 0 Å². The highest BCUT2D eigenvalue weighted by Gasteiger charge is 2.37. The summed E-state index contributed by atoms with van der Waals surface area (Å²) < 4.78 is 0. The topological polar surface area (TPSA) is 95.5 Å². The van der Waals surface area contributed by atoms with Gasteiger partial charge in [0.2, 0.25) is 11.8 Å². The Morgan fingerprint density at radius 1 is 0.667 bits per heavy atom. The molecule has 0 aromatic rings. The van der Waals surface area contributed by atoms with Gasteiger partial charge in [-0.15, -0.1) is 0 Å². The predicted octanol–water partition coefficient (Wildman–Crippen LogP) is 1.83. The maximum Gasteiger partial charge on any atom is 0.306 e. The molecule has 0 atom stereocenters. The zero-order chi connectivity index (χ0) is 17.1. The van der Waals surface area contributed by atoms with E-state index in [0.717, 1.165) is 51.4 Å². The summed E-state index contributed by atoms with van der Waals surface area (Å²) in [5.74, 6) is -0.588. The minimum Gasteiger partial charge on any atom is -0.481 e. The Morgan fingerprint density at radius 2 is 1.17 bits per heavy atom. The average molecular weight is 336 g/mol. The number of hydrogen-bond acceptors (Lipinski definition) is 3. The molecule has 0 unspecified atom stereocenters. The highest BCUT2D eigenvalue weighted by atomic mass is 16.4. The Hall–Kier alpha value is -1.59. The van der Waals surface area contributed by atoms with Gasteiger partial charge in [0.15, 0.2) is 0 Å². The molecule has 3 saturated carbocycles. The second-order valence-corrected chi connectivity index (χ2v) is 7.75. The molecule has 3 N–H and O–H groups in total. The van der Waals surface area contributed by atoms with E-state index in [1.165, 1.54) is 0 Å². The summed E-state index contributed by atoms with van der Waals surface area (Å²) in [6, 6.07) is 0.237. The smallest absolute Gasteiger partial charge is 0.306 e. The van der Waals surface area contributed by atoms with E-state index in [-0.39, 0.29) is 41.7 Å². The van der Waals surface area contributed by atoms with Gasteiger partial charge in [-0.25, -0.2) is 0 Å². The summed E-state index contributed by atoms with van der Waals surface area (Å²) in [5, 5.41) is 15.0. The molecule has 0 saturated heterocycles. The molecule has 0 aromatic carbocycles. The van der Waals surface area contributed by atoms with E-state index in [2.05, 4.69) is 10.6 Å². The molecular formula is C18H28N2O4. The minimum absolute atomic E-state index is 0.00788. The molecule has 0 heterocycles. The highest BCUT2D eigenvalue weighted by molar-refractivity contribution is 5.80. The first kappa shape index (κ1) is 17.2. The predicted molar refractivity (Wildman–Crippen MR) is 88.1 cm³/mol. The van der Waals surface area contributed by atoms with Crippen molar-refractivity contribution in [2.45, 2.75) is 76.3 Å². The lowest BCUT2D eigenvalue weighted by molar-refractivity contribution is -0.146. The highest BCUT2D eigenvalue weighted by Crippen LogP contribution is 2.30. The number of amides is 2. The van der Waals surface area contributed by atoms with Crippen molar-refractivity contribution in [1.82, 2.24) is 10.6 Å². The van der Waals surface area contributed by atoms with Crippen LogP contribution in [0.15, 0.2) is 0 Å². The molecule has 0 bridgehead atoms. The molecule has 134 valence electrons. The SMILES string of the molecule is O=C(O)C1CC(NC(=O)C2CCC(NC(=O)C3CCCC3)CC2)C1. The van der Waals surface area contributed by atoms with Gasteiger partial charge < -0.3 is 15.7 Å². The van der Waals surface area contributed by atoms with Crippen LogP contribution in [-0.4, -0.2) is 35.0 Å². The van der Waals surface area contributed by atoms with E-state index >= 15 is 0 Å². The lowest BCUT2D eigenvalue weighted by Crippen LogP contribution is -2.49. The molecule has 0 aliphatic heterocycles. The first-order valence-corrected chi connectivity index (χ1v) is 9.36. The van der Waals surface area contributed by atoms with Crippen molar-refractivity contribution < 1.29 is 19.5 Å². The Morgan fingerprint density at radius 3 is 1.71 bits per heavy atom. The van der Waals surface area contributed by atoms with Crippen LogP contribution in [-0.2, 0) is 14.4 Å². The third-order valence-corrected chi connectivity index (χ3v) is 6.00. The third-order valence-electron chi connectivity index (χ3n) is 6.00. The molecule has 0 spiro atoms. The van der Waals surface area contributed by atoms with Crippen molar-refractivity contribution >= 4 is 17.8 Å². The van der Waals surface area contributed by atoms with Crippen molar-refractivity contribution in [3.8, 4) is 0 Å². The number of hydrogen-bond donors (Lipinski definition) is 3. The van der Waals surface area contributed by atoms with Gasteiger partial charge in [-0.05, 0) is 51.4 Å². The van der Waals surface area contributed by atoms with Crippen LogP contribution in [0.2, 0.25) is 0 Å². The van der Waals surface area contributed by atoms with Gasteiger partial charge >= 0.3 is 5.97 Å². The summed E-state index contributed by atoms with van der Waals surface area (Å²) in [5.41, 5.74) is 0. The third kappa shape index (κ3) is 4.08. The molecule has 3 rings (SSSR count). The van der Waals surface area contributed by atoms with Crippen LogP contribution in [0.5, 0.6) is 0 Å². The summed E-state index contributed by atoms with van der Waals surface area (Å²) >= 11 is 0. The van der Waals surface area contributed by atoms with E-state index < -0.39 is 5.97 Å². The van der Waals surface area contributed by atoms with Crippen LogP contribution in [0.25, 0.3) is 0 Å². The van der Waals surface area contributed by atoms with Crippen LogP contribution in [0.1, 0.15) is 64.2 Å². The largest absolute Gasteiger partial charge is 0.481 e. The van der Waals surface area contributed by atoms with Crippen LogP contribution in [0.3, 0.4) is 0 Å². The fourth-order valence-corrected chi connectivity index (χ4v) is 4.26. The number of aliphatic carboxylic acids is 1. The first-order valence-electron chi connectivity index (χ1n) is 9.36. The lowest BCUT2D eigenvalue weighted by atomic mass is 9.79. The molecule has 3 aliphatic rings. The summed E-state index contributed by atoms with van der Waals surface area (Å²) in [7, 11) is 0. The van der Waals surface area contributed by atoms with Gasteiger partial charge in [0.1, 0.15) is 0 Å². The van der Waals surface area contributed by atoms with Gasteiger partial charge in [-0.3, -0.25) is 14.4 Å². The Balaban J connectivity index is 1.35. The monoisotopic (exact) mass is 336 g/mol. The van der Waals surface area contributed by atoms with Gasteiger partial charge in [-0.1, -0.05) is 12.8 Å². The van der Waals surface area contributed by atoms with Gasteiger partial charge in [-0.2, -0.15) is 0 Å². The Bertz CT molecular complexity index is 487. The van der Waals surface area contributed by atoms with E-state index in [9.17, 15) is 14.4 Å². The number of carbonyl (C=O) groups is 3. The van der Waals surface area contributed by atoms with E-state index in [0.29, 0.717) is 12.8 Å². The van der Waals surface area contributed by atoms with Crippen LogP contribution < -0.4 is 10.6 Å². The van der Waals surface area contributed by atoms with Crippen molar-refractivity contribution in [3.05, 3.63) is 0 Å². The van der Waals surface area contributed by atoms with Crippen LogP contribution in [0, 0.1) is 17.8 Å². The maximum atomic E-state index is 12.3. The van der Waals surface area contributed by atoms with E-state index in [1.54, 1.807) is 0 Å². The molecule has 6 heteroatoms. The standard InChI is InChI=1S/C18H28N2O4/c21-16(11-3-1-2-4-11)19-14-7-5-12(6-8-14)17(22)20-15-9-13(10-15)18(23)24/h11-15H,1-10H2,(H,19,21)(H,20,22)(H,23,24). The zero-order valence-corrected chi connectivity index (χ0v) is 14.1.